The number of amides is 3. The first kappa shape index (κ1) is 18.8. The lowest BCUT2D eigenvalue weighted by Crippen LogP contribution is -2.48. The molecule has 0 aliphatic carbocycles. The molecule has 0 spiro atoms. The predicted molar refractivity (Wildman–Crippen MR) is 94.6 cm³/mol. The van der Waals surface area contributed by atoms with Crippen LogP contribution < -0.4 is 10.6 Å². The molecule has 1 aromatic carbocycles. The fourth-order valence-corrected chi connectivity index (χ4v) is 2.72. The van der Waals surface area contributed by atoms with E-state index in [0.29, 0.717) is 31.2 Å². The van der Waals surface area contributed by atoms with E-state index in [1.807, 2.05) is 13.8 Å². The van der Waals surface area contributed by atoms with Crippen LogP contribution in [0.4, 0.5) is 10.5 Å². The maximum atomic E-state index is 12.4. The standard InChI is InChI=1S/C18H25N3O4/c1-12(2)10-19-18(25)21-9-3-4-14(11-21)16(22)20-15-7-5-13(6-8-15)17(23)24/h5-8,12,14H,3-4,9-11H2,1-2H3,(H,19,25)(H,20,22)(H,23,24). The Hall–Kier alpha value is -2.57. The number of carbonyl (C=O) groups is 3. The van der Waals surface area contributed by atoms with Crippen LogP contribution in [0.3, 0.4) is 0 Å². The fraction of sp³-hybridized carbons (Fsp3) is 0.500. The summed E-state index contributed by atoms with van der Waals surface area (Å²) in [6, 6.07) is 5.90. The van der Waals surface area contributed by atoms with Crippen molar-refractivity contribution in [3.8, 4) is 0 Å². The summed E-state index contributed by atoms with van der Waals surface area (Å²) < 4.78 is 0. The molecule has 7 heteroatoms. The van der Waals surface area contributed by atoms with Gasteiger partial charge in [-0.1, -0.05) is 13.8 Å². The minimum atomic E-state index is -1.01. The van der Waals surface area contributed by atoms with Crippen LogP contribution in [0.1, 0.15) is 37.0 Å². The highest BCUT2D eigenvalue weighted by Crippen LogP contribution is 2.19. The summed E-state index contributed by atoms with van der Waals surface area (Å²) in [6.07, 6.45) is 1.51. The molecule has 1 unspecified atom stereocenters. The zero-order valence-electron chi connectivity index (χ0n) is 14.6. The number of hydrogen-bond donors (Lipinski definition) is 3. The second-order valence-electron chi connectivity index (χ2n) is 6.74. The molecule has 1 fully saturated rings. The van der Waals surface area contributed by atoms with E-state index in [2.05, 4.69) is 10.6 Å². The number of hydrogen-bond acceptors (Lipinski definition) is 3. The number of carbonyl (C=O) groups excluding carboxylic acids is 2. The van der Waals surface area contributed by atoms with Crippen LogP contribution in [0.15, 0.2) is 24.3 Å². The van der Waals surface area contributed by atoms with Gasteiger partial charge in [0.05, 0.1) is 11.5 Å². The molecule has 25 heavy (non-hydrogen) atoms. The van der Waals surface area contributed by atoms with Crippen molar-refractivity contribution in [2.24, 2.45) is 11.8 Å². The Labute approximate surface area is 147 Å². The van der Waals surface area contributed by atoms with Crippen LogP contribution in [-0.2, 0) is 4.79 Å². The zero-order valence-corrected chi connectivity index (χ0v) is 14.6. The van der Waals surface area contributed by atoms with Gasteiger partial charge in [0, 0.05) is 25.3 Å². The van der Waals surface area contributed by atoms with Gasteiger partial charge in [0.15, 0.2) is 0 Å². The summed E-state index contributed by atoms with van der Waals surface area (Å²) in [7, 11) is 0. The third-order valence-corrected chi connectivity index (χ3v) is 4.14. The number of likely N-dealkylation sites (tertiary alicyclic amines) is 1. The van der Waals surface area contributed by atoms with E-state index in [4.69, 9.17) is 5.11 Å². The number of urea groups is 1. The summed E-state index contributed by atoms with van der Waals surface area (Å²) in [4.78, 5) is 37.1. The van der Waals surface area contributed by atoms with Crippen molar-refractivity contribution in [2.45, 2.75) is 26.7 Å². The van der Waals surface area contributed by atoms with Gasteiger partial charge in [-0.05, 0) is 43.0 Å². The topological polar surface area (TPSA) is 98.7 Å². The second-order valence-corrected chi connectivity index (χ2v) is 6.74. The van der Waals surface area contributed by atoms with Crippen molar-refractivity contribution >= 4 is 23.6 Å². The second kappa shape index (κ2) is 8.50. The van der Waals surface area contributed by atoms with Crippen LogP contribution in [0, 0.1) is 11.8 Å². The van der Waals surface area contributed by atoms with Gasteiger partial charge < -0.3 is 20.6 Å². The van der Waals surface area contributed by atoms with Crippen LogP contribution in [0.5, 0.6) is 0 Å². The van der Waals surface area contributed by atoms with Crippen molar-refractivity contribution < 1.29 is 19.5 Å². The maximum absolute atomic E-state index is 12.4. The minimum Gasteiger partial charge on any atom is -0.478 e. The van der Waals surface area contributed by atoms with Crippen molar-refractivity contribution in [1.82, 2.24) is 10.2 Å². The third kappa shape index (κ3) is 5.48. The Balaban J connectivity index is 1.90. The molecule has 0 bridgehead atoms. The van der Waals surface area contributed by atoms with E-state index in [1.165, 1.54) is 12.1 Å². The van der Waals surface area contributed by atoms with Gasteiger partial charge in [0.1, 0.15) is 0 Å². The number of benzene rings is 1. The van der Waals surface area contributed by atoms with Crippen LogP contribution >= 0.6 is 0 Å². The molecule has 7 nitrogen and oxygen atoms in total. The van der Waals surface area contributed by atoms with Crippen LogP contribution in [-0.4, -0.2) is 47.5 Å². The molecule has 1 heterocycles. The molecular formula is C18H25N3O4. The summed E-state index contributed by atoms with van der Waals surface area (Å²) in [5.74, 6) is -1.04. The van der Waals surface area contributed by atoms with Gasteiger partial charge in [-0.2, -0.15) is 0 Å². The maximum Gasteiger partial charge on any atom is 0.335 e. The Morgan fingerprint density at radius 3 is 2.52 bits per heavy atom. The van der Waals surface area contributed by atoms with Gasteiger partial charge in [-0.15, -0.1) is 0 Å². The summed E-state index contributed by atoms with van der Waals surface area (Å²) in [6.45, 7) is 5.72. The van der Waals surface area contributed by atoms with E-state index < -0.39 is 5.97 Å². The average molecular weight is 347 g/mol. The number of anilines is 1. The molecule has 1 aromatic rings. The number of rotatable bonds is 5. The van der Waals surface area contributed by atoms with Crippen molar-refractivity contribution in [3.05, 3.63) is 29.8 Å². The molecule has 1 atom stereocenters. The molecular weight excluding hydrogens is 322 g/mol. The van der Waals surface area contributed by atoms with E-state index in [-0.39, 0.29) is 23.4 Å². The van der Waals surface area contributed by atoms with Gasteiger partial charge in [-0.25, -0.2) is 9.59 Å². The predicted octanol–water partition coefficient (Wildman–Crippen LogP) is 2.40. The number of carboxylic acid groups (broad SMARTS) is 1. The molecule has 1 saturated heterocycles. The minimum absolute atomic E-state index is 0.128. The largest absolute Gasteiger partial charge is 0.478 e. The zero-order chi connectivity index (χ0) is 18.4. The normalized spacial score (nSPS) is 17.2. The smallest absolute Gasteiger partial charge is 0.335 e. The Kier molecular flexibility index (Phi) is 6.38. The SMILES string of the molecule is CC(C)CNC(=O)N1CCCC(C(=O)Nc2ccc(C(=O)O)cc2)C1. The number of nitrogens with one attached hydrogen (secondary N) is 2. The van der Waals surface area contributed by atoms with Gasteiger partial charge in [-0.3, -0.25) is 4.79 Å². The first-order valence-electron chi connectivity index (χ1n) is 8.54. The Morgan fingerprint density at radius 1 is 1.24 bits per heavy atom. The molecule has 1 aliphatic heterocycles. The van der Waals surface area contributed by atoms with Gasteiger partial charge in [0.25, 0.3) is 0 Å². The number of aromatic carboxylic acids is 1. The quantitative estimate of drug-likeness (QED) is 0.761. The molecule has 0 radical (unpaired) electrons. The van der Waals surface area contributed by atoms with Gasteiger partial charge >= 0.3 is 12.0 Å². The first-order chi connectivity index (χ1) is 11.9. The lowest BCUT2D eigenvalue weighted by molar-refractivity contribution is -0.121. The van der Waals surface area contributed by atoms with Gasteiger partial charge in [0.2, 0.25) is 5.91 Å². The van der Waals surface area contributed by atoms with E-state index in [9.17, 15) is 14.4 Å². The molecule has 3 amide bonds. The molecule has 2 rings (SSSR count). The molecule has 1 aliphatic rings. The monoisotopic (exact) mass is 347 g/mol. The molecule has 0 saturated carbocycles. The lowest BCUT2D eigenvalue weighted by atomic mass is 9.97. The highest BCUT2D eigenvalue weighted by molar-refractivity contribution is 5.94. The molecule has 3 N–H and O–H groups in total. The number of piperidine rings is 1. The average Bonchev–Trinajstić information content (AvgIpc) is 2.60. The Morgan fingerprint density at radius 2 is 1.92 bits per heavy atom. The van der Waals surface area contributed by atoms with Crippen LogP contribution in [0.25, 0.3) is 0 Å². The molecule has 136 valence electrons. The summed E-state index contributed by atoms with van der Waals surface area (Å²) in [5, 5.41) is 14.6. The van der Waals surface area contributed by atoms with Crippen molar-refractivity contribution in [2.75, 3.05) is 25.0 Å². The lowest BCUT2D eigenvalue weighted by Gasteiger charge is -2.32. The Bertz CT molecular complexity index is 628. The summed E-state index contributed by atoms with van der Waals surface area (Å²) in [5.41, 5.74) is 0.722. The summed E-state index contributed by atoms with van der Waals surface area (Å²) >= 11 is 0. The highest BCUT2D eigenvalue weighted by Gasteiger charge is 2.28. The number of nitrogens with zero attached hydrogens (tertiary/aromatic N) is 1. The van der Waals surface area contributed by atoms with E-state index in [0.717, 1.165) is 12.8 Å². The van der Waals surface area contributed by atoms with E-state index in [1.54, 1.807) is 17.0 Å². The molecule has 0 aromatic heterocycles. The third-order valence-electron chi connectivity index (χ3n) is 4.14. The first-order valence-corrected chi connectivity index (χ1v) is 8.54. The fourth-order valence-electron chi connectivity index (χ4n) is 2.72. The van der Waals surface area contributed by atoms with Crippen LogP contribution in [0.2, 0.25) is 0 Å². The number of carboxylic acids is 1. The van der Waals surface area contributed by atoms with Crippen molar-refractivity contribution in [1.29, 1.82) is 0 Å². The van der Waals surface area contributed by atoms with Crippen molar-refractivity contribution in [3.63, 3.8) is 0 Å². The van der Waals surface area contributed by atoms with E-state index >= 15 is 0 Å². The highest BCUT2D eigenvalue weighted by atomic mass is 16.4.